The van der Waals surface area contributed by atoms with E-state index in [9.17, 15) is 0 Å². The summed E-state index contributed by atoms with van der Waals surface area (Å²) in [6.07, 6.45) is 3.73. The molecule has 2 heterocycles. The molecule has 120 valence electrons. The molecule has 4 heteroatoms. The van der Waals surface area contributed by atoms with Gasteiger partial charge in [0, 0.05) is 36.0 Å². The molecular weight excluding hydrogens is 280 g/mol. The molecular formula is C17H30N2OS. The number of thiophene rings is 1. The van der Waals surface area contributed by atoms with Gasteiger partial charge in [0.05, 0.1) is 6.10 Å². The van der Waals surface area contributed by atoms with Gasteiger partial charge in [0.2, 0.25) is 0 Å². The third-order valence-corrected chi connectivity index (χ3v) is 5.51. The van der Waals surface area contributed by atoms with Crippen molar-refractivity contribution in [2.75, 3.05) is 26.2 Å². The van der Waals surface area contributed by atoms with Crippen LogP contribution in [0.2, 0.25) is 0 Å². The highest BCUT2D eigenvalue weighted by Crippen LogP contribution is 2.30. The lowest BCUT2D eigenvalue weighted by Crippen LogP contribution is -2.36. The Morgan fingerprint density at radius 1 is 1.29 bits per heavy atom. The molecule has 0 bridgehead atoms. The molecule has 2 rings (SSSR count). The molecule has 1 aromatic rings. The van der Waals surface area contributed by atoms with E-state index >= 15 is 0 Å². The number of nitrogens with zero attached hydrogens (tertiary/aromatic N) is 1. The zero-order valence-corrected chi connectivity index (χ0v) is 14.5. The van der Waals surface area contributed by atoms with Gasteiger partial charge in [-0.25, -0.2) is 0 Å². The van der Waals surface area contributed by atoms with Crippen LogP contribution >= 0.6 is 11.3 Å². The first-order chi connectivity index (χ1) is 9.99. The maximum Gasteiger partial charge on any atom is 0.0599 e. The number of hydrogen-bond donors (Lipinski definition) is 1. The number of ether oxygens (including phenoxy) is 1. The number of likely N-dealkylation sites (tertiary alicyclic amines) is 1. The smallest absolute Gasteiger partial charge is 0.0599 e. The van der Waals surface area contributed by atoms with E-state index < -0.39 is 0 Å². The summed E-state index contributed by atoms with van der Waals surface area (Å²) in [7, 11) is 0. The van der Waals surface area contributed by atoms with E-state index in [0.717, 1.165) is 52.0 Å². The Labute approximate surface area is 133 Å². The van der Waals surface area contributed by atoms with E-state index in [1.165, 1.54) is 9.75 Å². The van der Waals surface area contributed by atoms with Crippen molar-refractivity contribution in [2.24, 2.45) is 5.73 Å². The second-order valence-corrected chi connectivity index (χ2v) is 8.17. The Kier molecular flexibility index (Phi) is 6.23. The fourth-order valence-corrected chi connectivity index (χ4v) is 3.76. The number of rotatable bonds is 6. The molecule has 2 N–H and O–H groups in total. The standard InChI is InChI=1S/C17H30N2OS/c1-17(2,3)16-6-5-15(21-16)13-19-10-7-14(8-11-19)20-12-4-9-18/h5-6,14H,4,7-13,18H2,1-3H3. The predicted octanol–water partition coefficient (Wildman–Crippen LogP) is 3.38. The molecule has 0 saturated carbocycles. The summed E-state index contributed by atoms with van der Waals surface area (Å²) < 4.78 is 5.87. The van der Waals surface area contributed by atoms with Crippen molar-refractivity contribution >= 4 is 11.3 Å². The van der Waals surface area contributed by atoms with E-state index in [2.05, 4.69) is 37.8 Å². The fraction of sp³-hybridized carbons (Fsp3) is 0.765. The quantitative estimate of drug-likeness (QED) is 0.819. The number of nitrogens with two attached hydrogens (primary N) is 1. The molecule has 0 aromatic carbocycles. The summed E-state index contributed by atoms with van der Waals surface area (Å²) in [4.78, 5) is 5.53. The number of piperidine rings is 1. The van der Waals surface area contributed by atoms with Crippen molar-refractivity contribution in [1.82, 2.24) is 4.90 Å². The minimum Gasteiger partial charge on any atom is -0.378 e. The largest absolute Gasteiger partial charge is 0.378 e. The van der Waals surface area contributed by atoms with Gasteiger partial charge in [0.25, 0.3) is 0 Å². The second-order valence-electron chi connectivity index (χ2n) is 7.00. The minimum absolute atomic E-state index is 0.271. The molecule has 1 aliphatic rings. The van der Waals surface area contributed by atoms with Gasteiger partial charge in [-0.15, -0.1) is 11.3 Å². The Morgan fingerprint density at radius 3 is 2.57 bits per heavy atom. The van der Waals surface area contributed by atoms with Gasteiger partial charge in [-0.1, -0.05) is 20.8 Å². The van der Waals surface area contributed by atoms with Crippen LogP contribution in [0.25, 0.3) is 0 Å². The number of hydrogen-bond acceptors (Lipinski definition) is 4. The Bertz CT molecular complexity index is 417. The van der Waals surface area contributed by atoms with E-state index in [0.29, 0.717) is 6.10 Å². The Hall–Kier alpha value is -0.420. The average Bonchev–Trinajstić information content (AvgIpc) is 2.90. The van der Waals surface area contributed by atoms with Crippen LogP contribution in [0.1, 0.15) is 49.8 Å². The summed E-state index contributed by atoms with van der Waals surface area (Å²) in [6, 6.07) is 4.60. The highest BCUT2D eigenvalue weighted by atomic mass is 32.1. The first-order valence-electron chi connectivity index (χ1n) is 8.12. The lowest BCUT2D eigenvalue weighted by Gasteiger charge is -2.31. The Balaban J connectivity index is 1.74. The summed E-state index contributed by atoms with van der Waals surface area (Å²) >= 11 is 1.96. The third-order valence-electron chi connectivity index (χ3n) is 4.02. The molecule has 1 saturated heterocycles. The normalized spacial score (nSPS) is 18.3. The molecule has 1 aliphatic heterocycles. The molecule has 0 atom stereocenters. The highest BCUT2D eigenvalue weighted by molar-refractivity contribution is 7.12. The van der Waals surface area contributed by atoms with Crippen molar-refractivity contribution in [3.63, 3.8) is 0 Å². The van der Waals surface area contributed by atoms with Crippen LogP contribution in [0.4, 0.5) is 0 Å². The van der Waals surface area contributed by atoms with Gasteiger partial charge < -0.3 is 10.5 Å². The van der Waals surface area contributed by atoms with Crippen LogP contribution in [0.5, 0.6) is 0 Å². The molecule has 1 fully saturated rings. The SMILES string of the molecule is CC(C)(C)c1ccc(CN2CCC(OCCCN)CC2)s1. The molecule has 21 heavy (non-hydrogen) atoms. The zero-order chi connectivity index (χ0) is 15.3. The van der Waals surface area contributed by atoms with Crippen molar-refractivity contribution in [1.29, 1.82) is 0 Å². The van der Waals surface area contributed by atoms with Crippen molar-refractivity contribution in [3.05, 3.63) is 21.9 Å². The topological polar surface area (TPSA) is 38.5 Å². The van der Waals surface area contributed by atoms with Gasteiger partial charge in [-0.3, -0.25) is 4.90 Å². The average molecular weight is 311 g/mol. The minimum atomic E-state index is 0.271. The van der Waals surface area contributed by atoms with E-state index in [1.54, 1.807) is 0 Å². The molecule has 3 nitrogen and oxygen atoms in total. The van der Waals surface area contributed by atoms with Gasteiger partial charge in [-0.05, 0) is 43.4 Å². The van der Waals surface area contributed by atoms with Crippen LogP contribution in [-0.4, -0.2) is 37.2 Å². The van der Waals surface area contributed by atoms with Crippen molar-refractivity contribution < 1.29 is 4.74 Å². The third kappa shape index (κ3) is 5.37. The van der Waals surface area contributed by atoms with Gasteiger partial charge in [0.1, 0.15) is 0 Å². The van der Waals surface area contributed by atoms with Crippen LogP contribution in [0.3, 0.4) is 0 Å². The van der Waals surface area contributed by atoms with E-state index in [-0.39, 0.29) is 5.41 Å². The van der Waals surface area contributed by atoms with Crippen LogP contribution in [0, 0.1) is 0 Å². The van der Waals surface area contributed by atoms with E-state index in [1.807, 2.05) is 11.3 Å². The molecule has 1 aromatic heterocycles. The van der Waals surface area contributed by atoms with Crippen LogP contribution in [0.15, 0.2) is 12.1 Å². The molecule has 0 amide bonds. The zero-order valence-electron chi connectivity index (χ0n) is 13.7. The van der Waals surface area contributed by atoms with Gasteiger partial charge in [-0.2, -0.15) is 0 Å². The molecule has 0 spiro atoms. The van der Waals surface area contributed by atoms with Crippen molar-refractivity contribution in [3.8, 4) is 0 Å². The first kappa shape index (κ1) is 16.9. The lowest BCUT2D eigenvalue weighted by atomic mass is 9.95. The second kappa shape index (κ2) is 7.73. The lowest BCUT2D eigenvalue weighted by molar-refractivity contribution is 0.00582. The summed E-state index contributed by atoms with van der Waals surface area (Å²) in [5, 5.41) is 0. The highest BCUT2D eigenvalue weighted by Gasteiger charge is 2.21. The molecule has 0 radical (unpaired) electrons. The fourth-order valence-electron chi connectivity index (χ4n) is 2.65. The maximum absolute atomic E-state index is 5.87. The summed E-state index contributed by atoms with van der Waals surface area (Å²) in [5.74, 6) is 0. The maximum atomic E-state index is 5.87. The molecule has 0 aliphatic carbocycles. The van der Waals surface area contributed by atoms with Crippen LogP contribution < -0.4 is 5.73 Å². The van der Waals surface area contributed by atoms with Crippen LogP contribution in [-0.2, 0) is 16.7 Å². The first-order valence-corrected chi connectivity index (χ1v) is 8.94. The predicted molar refractivity (Wildman–Crippen MR) is 90.9 cm³/mol. The van der Waals surface area contributed by atoms with Gasteiger partial charge in [0.15, 0.2) is 0 Å². The molecule has 0 unspecified atom stereocenters. The monoisotopic (exact) mass is 310 g/mol. The van der Waals surface area contributed by atoms with E-state index in [4.69, 9.17) is 10.5 Å². The van der Waals surface area contributed by atoms with Gasteiger partial charge >= 0.3 is 0 Å². The summed E-state index contributed by atoms with van der Waals surface area (Å²) in [6.45, 7) is 11.8. The summed E-state index contributed by atoms with van der Waals surface area (Å²) in [5.41, 5.74) is 5.77. The van der Waals surface area contributed by atoms with Crippen molar-refractivity contribution in [2.45, 2.75) is 58.1 Å². The Morgan fingerprint density at radius 2 is 2.00 bits per heavy atom.